The van der Waals surface area contributed by atoms with Crippen molar-refractivity contribution in [1.29, 1.82) is 0 Å². The molecule has 5 nitrogen and oxygen atoms in total. The Hall–Kier alpha value is -1.69. The van der Waals surface area contributed by atoms with Crippen LogP contribution in [-0.4, -0.2) is 39.7 Å². The Morgan fingerprint density at radius 2 is 2.00 bits per heavy atom. The molecule has 1 amide bonds. The second-order valence-electron chi connectivity index (χ2n) is 5.98. The summed E-state index contributed by atoms with van der Waals surface area (Å²) < 4.78 is 0. The number of ketones is 1. The monoisotopic (exact) mass is 323 g/mol. The third-order valence-corrected chi connectivity index (χ3v) is 5.28. The quantitative estimate of drug-likeness (QED) is 0.846. The van der Waals surface area contributed by atoms with Gasteiger partial charge in [-0.15, -0.1) is 11.3 Å². The number of carboxylic acid groups (broad SMARTS) is 1. The lowest BCUT2D eigenvalue weighted by molar-refractivity contribution is -0.155. The first kappa shape index (κ1) is 16.7. The van der Waals surface area contributed by atoms with E-state index < -0.39 is 11.5 Å². The molecule has 2 rings (SSSR count). The van der Waals surface area contributed by atoms with Crippen molar-refractivity contribution in [1.82, 2.24) is 4.90 Å². The van der Waals surface area contributed by atoms with Gasteiger partial charge in [0.05, 0.1) is 0 Å². The number of carboxylic acids is 1. The Balaban J connectivity index is 2.00. The number of carbonyl (C=O) groups excluding carboxylic acids is 2. The van der Waals surface area contributed by atoms with Gasteiger partial charge in [0.25, 0.3) is 0 Å². The third kappa shape index (κ3) is 3.06. The van der Waals surface area contributed by atoms with Crippen molar-refractivity contribution >= 4 is 29.0 Å². The molecule has 1 atom stereocenters. The number of hydrogen-bond acceptors (Lipinski definition) is 4. The van der Waals surface area contributed by atoms with Gasteiger partial charge in [0, 0.05) is 34.7 Å². The third-order valence-electron chi connectivity index (χ3n) is 4.31. The lowest BCUT2D eigenvalue weighted by Gasteiger charge is -2.31. The van der Waals surface area contributed by atoms with Crippen LogP contribution in [0.3, 0.4) is 0 Å². The minimum Gasteiger partial charge on any atom is -0.480 e. The zero-order valence-electron chi connectivity index (χ0n) is 13.1. The average Bonchev–Trinajstić information content (AvgIpc) is 2.99. The molecule has 1 unspecified atom stereocenters. The summed E-state index contributed by atoms with van der Waals surface area (Å²) in [5.74, 6) is -1.28. The summed E-state index contributed by atoms with van der Waals surface area (Å²) in [6.45, 7) is 5.87. The molecule has 0 saturated carbocycles. The molecule has 0 bridgehead atoms. The van der Waals surface area contributed by atoms with E-state index in [-0.39, 0.29) is 24.5 Å². The summed E-state index contributed by atoms with van der Waals surface area (Å²) in [4.78, 5) is 39.4. The van der Waals surface area contributed by atoms with Crippen molar-refractivity contribution in [3.05, 3.63) is 21.4 Å². The van der Waals surface area contributed by atoms with Gasteiger partial charge in [-0.2, -0.15) is 0 Å². The van der Waals surface area contributed by atoms with E-state index in [1.54, 1.807) is 18.3 Å². The molecule has 0 spiro atoms. The molecule has 0 aromatic carbocycles. The number of aliphatic carboxylic acids is 1. The van der Waals surface area contributed by atoms with Crippen LogP contribution >= 0.6 is 11.3 Å². The van der Waals surface area contributed by atoms with Crippen LogP contribution in [0.1, 0.15) is 52.7 Å². The number of nitrogens with zero attached hydrogens (tertiary/aromatic N) is 1. The van der Waals surface area contributed by atoms with Crippen LogP contribution in [0.4, 0.5) is 0 Å². The fraction of sp³-hybridized carbons (Fsp3) is 0.562. The Kier molecular flexibility index (Phi) is 4.70. The lowest BCUT2D eigenvalue weighted by atomic mass is 9.98. The molecule has 1 N–H and O–H groups in total. The largest absolute Gasteiger partial charge is 0.480 e. The van der Waals surface area contributed by atoms with E-state index >= 15 is 0 Å². The van der Waals surface area contributed by atoms with E-state index in [1.165, 1.54) is 4.90 Å². The molecule has 1 aromatic heterocycles. The number of aryl methyl sites for hydroxylation is 2. The normalized spacial score (nSPS) is 21.1. The predicted octanol–water partition coefficient (Wildman–Crippen LogP) is 2.79. The second kappa shape index (κ2) is 6.20. The van der Waals surface area contributed by atoms with E-state index in [0.717, 1.165) is 9.75 Å². The molecule has 2 heterocycles. The Morgan fingerprint density at radius 3 is 2.55 bits per heavy atom. The minimum absolute atomic E-state index is 0.0496. The van der Waals surface area contributed by atoms with Crippen LogP contribution in [-0.2, 0) is 9.59 Å². The molecular weight excluding hydrogens is 302 g/mol. The van der Waals surface area contributed by atoms with E-state index in [4.69, 9.17) is 0 Å². The summed E-state index contributed by atoms with van der Waals surface area (Å²) in [6, 6.07) is 1.85. The highest BCUT2D eigenvalue weighted by Crippen LogP contribution is 2.30. The van der Waals surface area contributed by atoms with Crippen molar-refractivity contribution in [2.75, 3.05) is 6.54 Å². The first-order chi connectivity index (χ1) is 10.3. The number of thiophene rings is 1. The minimum atomic E-state index is -1.13. The van der Waals surface area contributed by atoms with Gasteiger partial charge in [-0.1, -0.05) is 0 Å². The molecular formula is C16H21NO4S. The predicted molar refractivity (Wildman–Crippen MR) is 84.3 cm³/mol. The molecule has 0 radical (unpaired) electrons. The zero-order chi connectivity index (χ0) is 16.5. The van der Waals surface area contributed by atoms with Gasteiger partial charge in [0.2, 0.25) is 5.91 Å². The van der Waals surface area contributed by atoms with Gasteiger partial charge >= 0.3 is 5.97 Å². The van der Waals surface area contributed by atoms with Gasteiger partial charge in [-0.05, 0) is 39.7 Å². The number of amides is 1. The average molecular weight is 323 g/mol. The Bertz CT molecular complexity index is 622. The fourth-order valence-electron chi connectivity index (χ4n) is 2.98. The Morgan fingerprint density at radius 1 is 1.32 bits per heavy atom. The number of Topliss-reactive ketones (excluding diaryl/α,β-unsaturated/α-hetero) is 1. The van der Waals surface area contributed by atoms with Crippen molar-refractivity contribution < 1.29 is 19.5 Å². The molecule has 1 saturated heterocycles. The second-order valence-corrected chi connectivity index (χ2v) is 7.44. The van der Waals surface area contributed by atoms with Crippen LogP contribution < -0.4 is 0 Å². The molecule has 22 heavy (non-hydrogen) atoms. The van der Waals surface area contributed by atoms with Crippen LogP contribution in [0.2, 0.25) is 0 Å². The first-order valence-corrected chi connectivity index (χ1v) is 8.21. The first-order valence-electron chi connectivity index (χ1n) is 7.40. The van der Waals surface area contributed by atoms with Gasteiger partial charge in [-0.3, -0.25) is 9.59 Å². The molecule has 1 aliphatic rings. The summed E-state index contributed by atoms with van der Waals surface area (Å²) >= 11 is 1.57. The summed E-state index contributed by atoms with van der Waals surface area (Å²) in [6.07, 6.45) is 1.34. The molecule has 1 fully saturated rings. The smallest absolute Gasteiger partial charge is 0.329 e. The molecule has 6 heteroatoms. The van der Waals surface area contributed by atoms with Crippen LogP contribution in [0, 0.1) is 13.8 Å². The number of hydrogen-bond donors (Lipinski definition) is 1. The van der Waals surface area contributed by atoms with Crippen molar-refractivity contribution in [3.63, 3.8) is 0 Å². The van der Waals surface area contributed by atoms with Crippen LogP contribution in [0.15, 0.2) is 6.07 Å². The maximum Gasteiger partial charge on any atom is 0.329 e. The number of carbonyl (C=O) groups is 3. The van der Waals surface area contributed by atoms with Crippen molar-refractivity contribution in [2.24, 2.45) is 0 Å². The van der Waals surface area contributed by atoms with E-state index in [2.05, 4.69) is 0 Å². The highest BCUT2D eigenvalue weighted by Gasteiger charge is 2.45. The van der Waals surface area contributed by atoms with E-state index in [9.17, 15) is 19.5 Å². The van der Waals surface area contributed by atoms with Gasteiger partial charge in [0.15, 0.2) is 5.78 Å². The fourth-order valence-corrected chi connectivity index (χ4v) is 3.93. The van der Waals surface area contributed by atoms with Crippen LogP contribution in [0.5, 0.6) is 0 Å². The number of rotatable bonds is 5. The molecule has 120 valence electrons. The maximum absolute atomic E-state index is 12.3. The molecule has 1 aromatic rings. The van der Waals surface area contributed by atoms with Gasteiger partial charge in [0.1, 0.15) is 5.54 Å². The zero-order valence-corrected chi connectivity index (χ0v) is 14.0. The van der Waals surface area contributed by atoms with Gasteiger partial charge < -0.3 is 10.0 Å². The highest BCUT2D eigenvalue weighted by molar-refractivity contribution is 7.12. The number of likely N-dealkylation sites (tertiary alicyclic amines) is 1. The standard InChI is InChI=1S/C16H21NO4S/c1-10-9-12(11(2)22-10)13(18)5-6-14(19)17-8-4-7-16(17,3)15(20)21/h9H,4-8H2,1-3H3,(H,20,21). The Labute approximate surface area is 133 Å². The summed E-state index contributed by atoms with van der Waals surface area (Å²) in [7, 11) is 0. The van der Waals surface area contributed by atoms with Crippen molar-refractivity contribution in [3.8, 4) is 0 Å². The topological polar surface area (TPSA) is 74.7 Å². The summed E-state index contributed by atoms with van der Waals surface area (Å²) in [5.41, 5.74) is -0.452. The highest BCUT2D eigenvalue weighted by atomic mass is 32.1. The van der Waals surface area contributed by atoms with Crippen molar-refractivity contribution in [2.45, 2.75) is 52.0 Å². The summed E-state index contributed by atoms with van der Waals surface area (Å²) in [5, 5.41) is 9.33. The maximum atomic E-state index is 12.3. The SMILES string of the molecule is Cc1cc(C(=O)CCC(=O)N2CCCC2(C)C(=O)O)c(C)s1. The van der Waals surface area contributed by atoms with Crippen LogP contribution in [0.25, 0.3) is 0 Å². The lowest BCUT2D eigenvalue weighted by Crippen LogP contribution is -2.50. The van der Waals surface area contributed by atoms with E-state index in [0.29, 0.717) is 24.9 Å². The molecule has 0 aliphatic carbocycles. The van der Waals surface area contributed by atoms with Gasteiger partial charge in [-0.25, -0.2) is 4.79 Å². The molecule has 1 aliphatic heterocycles. The van der Waals surface area contributed by atoms with E-state index in [1.807, 2.05) is 19.9 Å².